The van der Waals surface area contributed by atoms with E-state index in [1.54, 1.807) is 0 Å². The minimum Gasteiger partial charge on any atom is -0.502 e. The highest BCUT2D eigenvalue weighted by Crippen LogP contribution is 2.40. The summed E-state index contributed by atoms with van der Waals surface area (Å²) >= 11 is 6.23. The number of carbonyl (C=O) groups excluding carboxylic acids is 2. The van der Waals surface area contributed by atoms with Crippen LogP contribution in [0.5, 0.6) is 17.2 Å². The quantitative estimate of drug-likeness (QED) is 0.430. The van der Waals surface area contributed by atoms with E-state index in [0.717, 1.165) is 28.8 Å². The summed E-state index contributed by atoms with van der Waals surface area (Å²) in [4.78, 5) is 27.0. The van der Waals surface area contributed by atoms with Crippen LogP contribution in [0.2, 0.25) is 0 Å². The van der Waals surface area contributed by atoms with Crippen LogP contribution in [0, 0.1) is 0 Å². The fourth-order valence-electron chi connectivity index (χ4n) is 3.10. The van der Waals surface area contributed by atoms with Crippen molar-refractivity contribution >= 4 is 51.9 Å². The molecule has 7 nitrogen and oxygen atoms in total. The van der Waals surface area contributed by atoms with Crippen molar-refractivity contribution in [1.29, 1.82) is 0 Å². The Hall–Kier alpha value is -3.25. The number of anilines is 1. The molecule has 0 bridgehead atoms. The van der Waals surface area contributed by atoms with E-state index in [4.69, 9.17) is 21.7 Å². The van der Waals surface area contributed by atoms with Gasteiger partial charge >= 0.3 is 6.18 Å². The summed E-state index contributed by atoms with van der Waals surface area (Å²) in [7, 11) is 2.73. The zero-order valence-electron chi connectivity index (χ0n) is 18.1. The fraction of sp³-hybridized carbons (Fsp3) is 0.227. The molecule has 0 aromatic heterocycles. The lowest BCUT2D eigenvalue weighted by atomic mass is 10.1. The maximum atomic E-state index is 13.0. The molecule has 1 heterocycles. The molecule has 0 aliphatic carbocycles. The second-order valence-corrected chi connectivity index (χ2v) is 8.75. The van der Waals surface area contributed by atoms with Crippen LogP contribution in [0.3, 0.4) is 0 Å². The number of aromatic hydroxyl groups is 1. The van der Waals surface area contributed by atoms with Crippen molar-refractivity contribution < 1.29 is 37.3 Å². The zero-order valence-corrected chi connectivity index (χ0v) is 19.7. The molecule has 1 aliphatic rings. The van der Waals surface area contributed by atoms with Crippen molar-refractivity contribution in [2.45, 2.75) is 19.1 Å². The summed E-state index contributed by atoms with van der Waals surface area (Å²) in [6.07, 6.45) is -3.06. The number of hydrogen-bond acceptors (Lipinski definition) is 7. The maximum Gasteiger partial charge on any atom is 0.416 e. The fourth-order valence-corrected chi connectivity index (χ4v) is 4.52. The van der Waals surface area contributed by atoms with Gasteiger partial charge in [-0.3, -0.25) is 14.5 Å². The maximum absolute atomic E-state index is 13.0. The first-order valence-corrected chi connectivity index (χ1v) is 10.9. The van der Waals surface area contributed by atoms with Crippen molar-refractivity contribution in [3.05, 3.63) is 52.4 Å². The van der Waals surface area contributed by atoms with Gasteiger partial charge in [-0.15, -0.1) is 0 Å². The molecule has 2 aromatic rings. The van der Waals surface area contributed by atoms with E-state index in [1.807, 2.05) is 0 Å². The minimum atomic E-state index is -4.56. The number of nitrogens with one attached hydrogen (secondary N) is 1. The number of benzene rings is 2. The molecule has 1 aliphatic heterocycles. The largest absolute Gasteiger partial charge is 0.502 e. The highest BCUT2D eigenvalue weighted by Gasteiger charge is 2.38. The predicted octanol–water partition coefficient (Wildman–Crippen LogP) is 4.66. The van der Waals surface area contributed by atoms with E-state index in [2.05, 4.69) is 5.32 Å². The van der Waals surface area contributed by atoms with Gasteiger partial charge in [0.05, 0.1) is 24.7 Å². The second-order valence-electron chi connectivity index (χ2n) is 7.07. The summed E-state index contributed by atoms with van der Waals surface area (Å²) < 4.78 is 49.1. The monoisotopic (exact) mass is 512 g/mol. The first kappa shape index (κ1) is 25.4. The SMILES string of the molecule is COc1cc(/C=C2\SC(=S)N(C(C)C(=O)Nc3cccc(C(F)(F)F)c3)C2=O)cc(OC)c1O. The average Bonchev–Trinajstić information content (AvgIpc) is 3.06. The lowest BCUT2D eigenvalue weighted by Gasteiger charge is -2.22. The Balaban J connectivity index is 1.81. The lowest BCUT2D eigenvalue weighted by molar-refractivity contribution is -0.137. The van der Waals surface area contributed by atoms with Gasteiger partial charge in [-0.05, 0) is 48.9 Å². The normalized spacial score (nSPS) is 16.1. The van der Waals surface area contributed by atoms with E-state index in [1.165, 1.54) is 51.5 Å². The number of halogens is 3. The first-order valence-electron chi connectivity index (χ1n) is 9.66. The number of nitrogens with zero attached hydrogens (tertiary/aromatic N) is 1. The Kier molecular flexibility index (Phi) is 7.41. The Labute approximate surface area is 202 Å². The summed E-state index contributed by atoms with van der Waals surface area (Å²) in [5.74, 6) is -1.18. The van der Waals surface area contributed by atoms with E-state index in [0.29, 0.717) is 5.56 Å². The van der Waals surface area contributed by atoms with Crippen LogP contribution in [0.1, 0.15) is 18.1 Å². The summed E-state index contributed by atoms with van der Waals surface area (Å²) in [6.45, 7) is 1.42. The van der Waals surface area contributed by atoms with Crippen molar-refractivity contribution in [1.82, 2.24) is 4.90 Å². The zero-order chi connectivity index (χ0) is 25.2. The molecular weight excluding hydrogens is 493 g/mol. The van der Waals surface area contributed by atoms with Gasteiger partial charge in [0, 0.05) is 5.69 Å². The van der Waals surface area contributed by atoms with Gasteiger partial charge in [0.15, 0.2) is 11.5 Å². The molecular formula is C22H19F3N2O5S2. The first-order chi connectivity index (χ1) is 16.0. The lowest BCUT2D eigenvalue weighted by Crippen LogP contribution is -2.44. The summed E-state index contributed by atoms with van der Waals surface area (Å²) in [5.41, 5.74) is -0.490. The van der Waals surface area contributed by atoms with Crippen LogP contribution in [-0.2, 0) is 15.8 Å². The molecule has 1 unspecified atom stereocenters. The van der Waals surface area contributed by atoms with E-state index >= 15 is 0 Å². The number of phenols is 1. The molecule has 1 saturated heterocycles. The number of phenolic OH excluding ortho intramolecular Hbond substituents is 1. The summed E-state index contributed by atoms with van der Waals surface area (Å²) in [6, 6.07) is 6.08. The average molecular weight is 513 g/mol. The van der Waals surface area contributed by atoms with Crippen LogP contribution in [-0.4, -0.2) is 46.4 Å². The van der Waals surface area contributed by atoms with Crippen LogP contribution in [0.4, 0.5) is 18.9 Å². The number of amides is 2. The number of ether oxygens (including phenoxy) is 2. The number of hydrogen-bond donors (Lipinski definition) is 2. The Morgan fingerprint density at radius 1 is 1.21 bits per heavy atom. The van der Waals surface area contributed by atoms with Crippen molar-refractivity contribution in [3.63, 3.8) is 0 Å². The Bertz CT molecular complexity index is 1160. The Morgan fingerprint density at radius 3 is 2.38 bits per heavy atom. The van der Waals surface area contributed by atoms with Crippen LogP contribution < -0.4 is 14.8 Å². The molecule has 1 fully saturated rings. The minimum absolute atomic E-state index is 0.0593. The number of carbonyl (C=O) groups is 2. The summed E-state index contributed by atoms with van der Waals surface area (Å²) in [5, 5.41) is 12.4. The predicted molar refractivity (Wildman–Crippen MR) is 126 cm³/mol. The van der Waals surface area contributed by atoms with Crippen molar-refractivity contribution in [3.8, 4) is 17.2 Å². The molecule has 2 N–H and O–H groups in total. The van der Waals surface area contributed by atoms with E-state index in [-0.39, 0.29) is 32.2 Å². The van der Waals surface area contributed by atoms with E-state index in [9.17, 15) is 27.9 Å². The molecule has 0 spiro atoms. The van der Waals surface area contributed by atoms with Crippen LogP contribution >= 0.6 is 24.0 Å². The van der Waals surface area contributed by atoms with Gasteiger partial charge in [0.1, 0.15) is 10.4 Å². The highest BCUT2D eigenvalue weighted by molar-refractivity contribution is 8.26. The number of methoxy groups -OCH3 is 2. The number of thiocarbonyl (C=S) groups is 1. The molecule has 2 aromatic carbocycles. The highest BCUT2D eigenvalue weighted by atomic mass is 32.2. The standard InChI is InChI=1S/C22H19F3N2O5S2/c1-11(19(29)26-14-6-4-5-13(10-14)22(23,24)25)27-20(30)17(34-21(27)33)9-12-7-15(31-2)18(28)16(8-12)32-3/h4-11,28H,1-3H3,(H,26,29)/b17-9-. The molecule has 0 saturated carbocycles. The topological polar surface area (TPSA) is 88.1 Å². The third-order valence-electron chi connectivity index (χ3n) is 4.85. The van der Waals surface area contributed by atoms with E-state index < -0.39 is 29.6 Å². The smallest absolute Gasteiger partial charge is 0.416 e. The van der Waals surface area contributed by atoms with Crippen molar-refractivity contribution in [2.24, 2.45) is 0 Å². The molecule has 1 atom stereocenters. The number of rotatable bonds is 6. The van der Waals surface area contributed by atoms with Crippen LogP contribution in [0.25, 0.3) is 6.08 Å². The third kappa shape index (κ3) is 5.28. The molecule has 12 heteroatoms. The van der Waals surface area contributed by atoms with Gasteiger partial charge < -0.3 is 19.9 Å². The molecule has 2 amide bonds. The van der Waals surface area contributed by atoms with Crippen molar-refractivity contribution in [2.75, 3.05) is 19.5 Å². The third-order valence-corrected chi connectivity index (χ3v) is 6.18. The molecule has 3 rings (SSSR count). The number of alkyl halides is 3. The van der Waals surface area contributed by atoms with Gasteiger partial charge in [-0.25, -0.2) is 0 Å². The molecule has 0 radical (unpaired) electrons. The van der Waals surface area contributed by atoms with Gasteiger partial charge in [-0.1, -0.05) is 30.0 Å². The van der Waals surface area contributed by atoms with Gasteiger partial charge in [0.2, 0.25) is 11.7 Å². The second kappa shape index (κ2) is 9.94. The molecule has 180 valence electrons. The van der Waals surface area contributed by atoms with Gasteiger partial charge in [-0.2, -0.15) is 13.2 Å². The molecule has 34 heavy (non-hydrogen) atoms. The van der Waals surface area contributed by atoms with Gasteiger partial charge in [0.25, 0.3) is 5.91 Å². The van der Waals surface area contributed by atoms with Crippen LogP contribution in [0.15, 0.2) is 41.3 Å². The number of thioether (sulfide) groups is 1. The Morgan fingerprint density at radius 2 is 1.82 bits per heavy atom.